The summed E-state index contributed by atoms with van der Waals surface area (Å²) in [5, 5.41) is 0. The van der Waals surface area contributed by atoms with Gasteiger partial charge in [-0.3, -0.25) is 19.2 Å². The van der Waals surface area contributed by atoms with Gasteiger partial charge in [0.25, 0.3) is 0 Å². The summed E-state index contributed by atoms with van der Waals surface area (Å²) < 4.78 is 11.9. The second-order valence-electron chi connectivity index (χ2n) is 11.9. The number of hydrogen-bond donors (Lipinski definition) is 0. The van der Waals surface area contributed by atoms with E-state index < -0.39 is 0 Å². The highest BCUT2D eigenvalue weighted by molar-refractivity contribution is 6.13. The largest absolute Gasteiger partial charge is 0.457 e. The van der Waals surface area contributed by atoms with Gasteiger partial charge in [0, 0.05) is 44.5 Å². The van der Waals surface area contributed by atoms with Gasteiger partial charge in [-0.15, -0.1) is 0 Å². The van der Waals surface area contributed by atoms with Crippen LogP contribution in [0.2, 0.25) is 0 Å². The van der Waals surface area contributed by atoms with Gasteiger partial charge in [-0.2, -0.15) is 0 Å². The van der Waals surface area contributed by atoms with Crippen LogP contribution in [0.25, 0.3) is 0 Å². The van der Waals surface area contributed by atoms with Gasteiger partial charge >= 0.3 is 0 Å². The van der Waals surface area contributed by atoms with E-state index in [1.165, 1.54) is 0 Å². The van der Waals surface area contributed by atoms with Crippen molar-refractivity contribution in [2.75, 3.05) is 0 Å². The third-order valence-electron chi connectivity index (χ3n) is 8.40. The van der Waals surface area contributed by atoms with E-state index in [0.29, 0.717) is 67.5 Å². The monoisotopic (exact) mass is 678 g/mol. The molecule has 0 heterocycles. The zero-order chi connectivity index (χ0) is 35.9. The van der Waals surface area contributed by atoms with Gasteiger partial charge in [-0.05, 0) is 103 Å². The molecule has 0 N–H and O–H groups in total. The first-order valence-corrected chi connectivity index (χ1v) is 16.6. The van der Waals surface area contributed by atoms with Crippen LogP contribution in [0.1, 0.15) is 63.7 Å². The van der Waals surface area contributed by atoms with Gasteiger partial charge in [0.15, 0.2) is 23.1 Å². The maximum Gasteiger partial charge on any atom is 0.193 e. The van der Waals surface area contributed by atoms with Crippen molar-refractivity contribution in [1.82, 2.24) is 0 Å². The summed E-state index contributed by atoms with van der Waals surface area (Å²) in [6.07, 6.45) is 0. The molecule has 0 aliphatic rings. The molecule has 0 fully saturated rings. The minimum Gasteiger partial charge on any atom is -0.457 e. The van der Waals surface area contributed by atoms with E-state index in [9.17, 15) is 19.2 Å². The van der Waals surface area contributed by atoms with Crippen LogP contribution >= 0.6 is 0 Å². The van der Waals surface area contributed by atoms with Crippen molar-refractivity contribution in [3.05, 3.63) is 226 Å². The molecule has 0 radical (unpaired) electrons. The number of hydrogen-bond acceptors (Lipinski definition) is 6. The molecule has 7 aromatic carbocycles. The van der Waals surface area contributed by atoms with Gasteiger partial charge in [0.2, 0.25) is 0 Å². The average molecular weight is 679 g/mol. The van der Waals surface area contributed by atoms with Crippen molar-refractivity contribution in [3.8, 4) is 23.0 Å². The Morgan fingerprint density at radius 3 is 0.769 bits per heavy atom. The molecule has 6 nitrogen and oxygen atoms in total. The van der Waals surface area contributed by atoms with Crippen molar-refractivity contribution in [2.24, 2.45) is 0 Å². The highest BCUT2D eigenvalue weighted by atomic mass is 16.5. The Hall–Kier alpha value is -7.18. The molecule has 0 spiro atoms. The van der Waals surface area contributed by atoms with E-state index in [2.05, 4.69) is 0 Å². The third-order valence-corrected chi connectivity index (χ3v) is 8.40. The minimum atomic E-state index is -0.231. The van der Waals surface area contributed by atoms with Crippen LogP contribution in [0.4, 0.5) is 0 Å². The summed E-state index contributed by atoms with van der Waals surface area (Å²) >= 11 is 0. The number of benzene rings is 7. The first-order chi connectivity index (χ1) is 25.4. The Morgan fingerprint density at radius 2 is 0.481 bits per heavy atom. The van der Waals surface area contributed by atoms with E-state index >= 15 is 0 Å². The Morgan fingerprint density at radius 1 is 0.250 bits per heavy atom. The molecular formula is C46H30O6. The highest BCUT2D eigenvalue weighted by Gasteiger charge is 2.15. The number of ether oxygens (including phenoxy) is 2. The van der Waals surface area contributed by atoms with Gasteiger partial charge in [0.1, 0.15) is 23.0 Å². The fourth-order valence-corrected chi connectivity index (χ4v) is 5.62. The van der Waals surface area contributed by atoms with Gasteiger partial charge in [-0.25, -0.2) is 0 Å². The number of ketones is 4. The molecule has 0 saturated carbocycles. The average Bonchev–Trinajstić information content (AvgIpc) is 3.21. The Balaban J connectivity index is 0.961. The molecule has 7 rings (SSSR count). The van der Waals surface area contributed by atoms with Crippen molar-refractivity contribution < 1.29 is 28.7 Å². The molecule has 0 saturated heterocycles. The van der Waals surface area contributed by atoms with E-state index in [-0.39, 0.29) is 23.1 Å². The Labute approximate surface area is 300 Å². The second-order valence-corrected chi connectivity index (χ2v) is 11.9. The smallest absolute Gasteiger partial charge is 0.193 e. The zero-order valence-electron chi connectivity index (χ0n) is 27.8. The van der Waals surface area contributed by atoms with Crippen molar-refractivity contribution in [3.63, 3.8) is 0 Å². The van der Waals surface area contributed by atoms with E-state index in [1.807, 2.05) is 36.4 Å². The van der Waals surface area contributed by atoms with Crippen molar-refractivity contribution in [2.45, 2.75) is 0 Å². The maximum atomic E-state index is 13.4. The first kappa shape index (κ1) is 33.3. The van der Waals surface area contributed by atoms with Gasteiger partial charge in [-0.1, -0.05) is 78.9 Å². The van der Waals surface area contributed by atoms with Gasteiger partial charge in [0.05, 0.1) is 0 Å². The van der Waals surface area contributed by atoms with E-state index in [4.69, 9.17) is 9.47 Å². The number of carbonyl (C=O) groups excluding carboxylic acids is 4. The predicted octanol–water partition coefficient (Wildman–Crippen LogP) is 10.2. The first-order valence-electron chi connectivity index (χ1n) is 16.6. The molecule has 0 amide bonds. The molecule has 0 atom stereocenters. The number of carbonyl (C=O) groups is 4. The highest BCUT2D eigenvalue weighted by Crippen LogP contribution is 2.26. The molecule has 52 heavy (non-hydrogen) atoms. The molecule has 0 bridgehead atoms. The lowest BCUT2D eigenvalue weighted by molar-refractivity contribution is 0.102. The standard InChI is InChI=1S/C46H30O6/c47-43(31-8-3-1-4-9-31)33-14-22-39(23-15-33)51-41-26-18-35(19-27-41)45(49)37-12-7-13-38(30-37)46(50)36-20-28-42(29-21-36)52-40-24-16-34(17-25-40)44(48)32-10-5-2-6-11-32/h1-30H. The molecule has 0 aliphatic carbocycles. The van der Waals surface area contributed by atoms with Crippen LogP contribution in [0.15, 0.2) is 182 Å². The molecule has 6 heteroatoms. The second kappa shape index (κ2) is 15.2. The molecule has 7 aromatic rings. The van der Waals surface area contributed by atoms with Crippen LogP contribution in [-0.4, -0.2) is 23.1 Å². The fourth-order valence-electron chi connectivity index (χ4n) is 5.62. The minimum absolute atomic E-state index is 0.0677. The predicted molar refractivity (Wildman–Crippen MR) is 199 cm³/mol. The fraction of sp³-hybridized carbons (Fsp3) is 0. The van der Waals surface area contributed by atoms with Gasteiger partial charge < -0.3 is 9.47 Å². The quantitative estimate of drug-likeness (QED) is 0.120. The summed E-state index contributed by atoms with van der Waals surface area (Å²) in [5.41, 5.74) is 4.00. The molecule has 0 aromatic heterocycles. The van der Waals surface area contributed by atoms with Crippen LogP contribution < -0.4 is 9.47 Å². The Kier molecular flexibility index (Phi) is 9.71. The molecule has 250 valence electrons. The van der Waals surface area contributed by atoms with Crippen LogP contribution in [0.5, 0.6) is 23.0 Å². The summed E-state index contributed by atoms with van der Waals surface area (Å²) in [5.74, 6) is 1.58. The molecular weight excluding hydrogens is 648 g/mol. The summed E-state index contributed by atoms with van der Waals surface area (Å²) in [6, 6.07) is 52.1. The molecule has 0 unspecified atom stereocenters. The number of rotatable bonds is 12. The SMILES string of the molecule is O=C(c1ccccc1)c1ccc(Oc2ccc(C(=O)c3cccc(C(=O)c4ccc(Oc5ccc(C(=O)c6ccccc6)cc5)cc4)c3)cc2)cc1. The van der Waals surface area contributed by atoms with Crippen LogP contribution in [0.3, 0.4) is 0 Å². The van der Waals surface area contributed by atoms with E-state index in [1.54, 1.807) is 146 Å². The van der Waals surface area contributed by atoms with Crippen molar-refractivity contribution >= 4 is 23.1 Å². The zero-order valence-corrected chi connectivity index (χ0v) is 27.8. The third kappa shape index (κ3) is 7.67. The van der Waals surface area contributed by atoms with Crippen LogP contribution in [0, 0.1) is 0 Å². The van der Waals surface area contributed by atoms with E-state index in [0.717, 1.165) is 0 Å². The normalized spacial score (nSPS) is 10.6. The van der Waals surface area contributed by atoms with Crippen molar-refractivity contribution in [1.29, 1.82) is 0 Å². The lowest BCUT2D eigenvalue weighted by Crippen LogP contribution is -2.06. The summed E-state index contributed by atoms with van der Waals surface area (Å²) in [6.45, 7) is 0. The lowest BCUT2D eigenvalue weighted by Gasteiger charge is -2.09. The molecule has 0 aliphatic heterocycles. The summed E-state index contributed by atoms with van der Waals surface area (Å²) in [7, 11) is 0. The van der Waals surface area contributed by atoms with Crippen LogP contribution in [-0.2, 0) is 0 Å². The summed E-state index contributed by atoms with van der Waals surface area (Å²) in [4.78, 5) is 52.1. The maximum absolute atomic E-state index is 13.4. The lowest BCUT2D eigenvalue weighted by atomic mass is 9.97. The Bertz CT molecular complexity index is 2200. The topological polar surface area (TPSA) is 86.7 Å².